The molecule has 0 radical (unpaired) electrons. The lowest BCUT2D eigenvalue weighted by atomic mass is 9.98. The van der Waals surface area contributed by atoms with Crippen LogP contribution in [0.5, 0.6) is 0 Å². The SMILES string of the molecule is O=C(CC1CNC1)N[C@@H](C(=O)O)c1ccccc1. The average molecular weight is 248 g/mol. The predicted octanol–water partition coefficient (Wildman–Crippen LogP) is 0.538. The Bertz CT molecular complexity index is 429. The normalized spacial score (nSPS) is 16.7. The van der Waals surface area contributed by atoms with Crippen LogP contribution >= 0.6 is 0 Å². The standard InChI is InChI=1S/C13H16N2O3/c16-11(6-9-7-14-8-9)15-12(13(17)18)10-4-2-1-3-5-10/h1-5,9,12,14H,6-8H2,(H,15,16)(H,17,18)/t12-/m1/s1. The van der Waals surface area contributed by atoms with Crippen molar-refractivity contribution in [3.8, 4) is 0 Å². The van der Waals surface area contributed by atoms with Crippen LogP contribution < -0.4 is 10.6 Å². The van der Waals surface area contributed by atoms with Crippen molar-refractivity contribution in [2.24, 2.45) is 5.92 Å². The molecular weight excluding hydrogens is 232 g/mol. The van der Waals surface area contributed by atoms with Crippen molar-refractivity contribution >= 4 is 11.9 Å². The molecule has 1 amide bonds. The van der Waals surface area contributed by atoms with Gasteiger partial charge in [0.25, 0.3) is 0 Å². The maximum Gasteiger partial charge on any atom is 0.330 e. The summed E-state index contributed by atoms with van der Waals surface area (Å²) < 4.78 is 0. The number of carboxylic acid groups (broad SMARTS) is 1. The van der Waals surface area contributed by atoms with E-state index in [-0.39, 0.29) is 5.91 Å². The molecule has 1 aromatic carbocycles. The van der Waals surface area contributed by atoms with E-state index in [0.717, 1.165) is 13.1 Å². The van der Waals surface area contributed by atoms with E-state index in [0.29, 0.717) is 17.9 Å². The topological polar surface area (TPSA) is 78.4 Å². The molecule has 1 aliphatic heterocycles. The van der Waals surface area contributed by atoms with Gasteiger partial charge in [-0.1, -0.05) is 30.3 Å². The molecule has 0 unspecified atom stereocenters. The minimum absolute atomic E-state index is 0.210. The van der Waals surface area contributed by atoms with Gasteiger partial charge in [-0.3, -0.25) is 4.79 Å². The number of aliphatic carboxylic acids is 1. The Hall–Kier alpha value is -1.88. The highest BCUT2D eigenvalue weighted by atomic mass is 16.4. The summed E-state index contributed by atoms with van der Waals surface area (Å²) in [5.74, 6) is -0.922. The molecule has 2 rings (SSSR count). The molecule has 1 heterocycles. The van der Waals surface area contributed by atoms with E-state index in [9.17, 15) is 9.59 Å². The number of carbonyl (C=O) groups excluding carboxylic acids is 1. The average Bonchev–Trinajstić information content (AvgIpc) is 2.31. The number of carboxylic acids is 1. The maximum atomic E-state index is 11.7. The van der Waals surface area contributed by atoms with Crippen LogP contribution in [0.15, 0.2) is 30.3 Å². The van der Waals surface area contributed by atoms with Gasteiger partial charge < -0.3 is 15.7 Å². The number of hydrogen-bond acceptors (Lipinski definition) is 3. The molecular formula is C13H16N2O3. The largest absolute Gasteiger partial charge is 0.479 e. The lowest BCUT2D eigenvalue weighted by molar-refractivity contribution is -0.142. The van der Waals surface area contributed by atoms with Gasteiger partial charge in [0.05, 0.1) is 0 Å². The van der Waals surface area contributed by atoms with E-state index in [1.807, 2.05) is 6.07 Å². The molecule has 18 heavy (non-hydrogen) atoms. The number of hydrogen-bond donors (Lipinski definition) is 3. The van der Waals surface area contributed by atoms with Crippen LogP contribution in [0.1, 0.15) is 18.0 Å². The van der Waals surface area contributed by atoms with Gasteiger partial charge in [-0.15, -0.1) is 0 Å². The first-order valence-corrected chi connectivity index (χ1v) is 5.94. The Balaban J connectivity index is 1.98. The highest BCUT2D eigenvalue weighted by Crippen LogP contribution is 2.14. The Morgan fingerprint density at radius 1 is 1.33 bits per heavy atom. The monoisotopic (exact) mass is 248 g/mol. The van der Waals surface area contributed by atoms with Gasteiger partial charge in [0.2, 0.25) is 5.91 Å². The van der Waals surface area contributed by atoms with Gasteiger partial charge in [-0.05, 0) is 24.6 Å². The van der Waals surface area contributed by atoms with E-state index in [4.69, 9.17) is 5.11 Å². The Morgan fingerprint density at radius 3 is 2.50 bits per heavy atom. The third kappa shape index (κ3) is 3.07. The molecule has 1 saturated heterocycles. The fraction of sp³-hybridized carbons (Fsp3) is 0.385. The molecule has 5 heteroatoms. The van der Waals surface area contributed by atoms with E-state index in [2.05, 4.69) is 10.6 Å². The van der Waals surface area contributed by atoms with Crippen molar-refractivity contribution < 1.29 is 14.7 Å². The van der Waals surface area contributed by atoms with Crippen LogP contribution in [-0.4, -0.2) is 30.1 Å². The van der Waals surface area contributed by atoms with Crippen molar-refractivity contribution in [3.05, 3.63) is 35.9 Å². The first-order chi connectivity index (χ1) is 8.66. The van der Waals surface area contributed by atoms with E-state index in [1.54, 1.807) is 24.3 Å². The number of nitrogens with one attached hydrogen (secondary N) is 2. The van der Waals surface area contributed by atoms with Gasteiger partial charge >= 0.3 is 5.97 Å². The maximum absolute atomic E-state index is 11.7. The summed E-state index contributed by atoms with van der Waals surface area (Å²) in [6.45, 7) is 1.66. The molecule has 0 bridgehead atoms. The summed E-state index contributed by atoms with van der Waals surface area (Å²) in [5.41, 5.74) is 0.588. The van der Waals surface area contributed by atoms with Crippen molar-refractivity contribution in [3.63, 3.8) is 0 Å². The first-order valence-electron chi connectivity index (χ1n) is 5.94. The Labute approximate surface area is 105 Å². The Kier molecular flexibility index (Phi) is 3.94. The lowest BCUT2D eigenvalue weighted by Crippen LogP contribution is -2.45. The highest BCUT2D eigenvalue weighted by Gasteiger charge is 2.25. The molecule has 1 atom stereocenters. The van der Waals surface area contributed by atoms with Crippen LogP contribution in [0.2, 0.25) is 0 Å². The fourth-order valence-corrected chi connectivity index (χ4v) is 1.91. The van der Waals surface area contributed by atoms with Crippen LogP contribution in [0.3, 0.4) is 0 Å². The van der Waals surface area contributed by atoms with E-state index >= 15 is 0 Å². The highest BCUT2D eigenvalue weighted by molar-refractivity contribution is 5.84. The van der Waals surface area contributed by atoms with Crippen LogP contribution in [0.25, 0.3) is 0 Å². The van der Waals surface area contributed by atoms with Gasteiger partial charge in [-0.2, -0.15) is 0 Å². The van der Waals surface area contributed by atoms with Crippen molar-refractivity contribution in [2.75, 3.05) is 13.1 Å². The molecule has 96 valence electrons. The minimum Gasteiger partial charge on any atom is -0.479 e. The van der Waals surface area contributed by atoms with E-state index < -0.39 is 12.0 Å². The molecule has 0 aliphatic carbocycles. The molecule has 0 aromatic heterocycles. The third-order valence-corrected chi connectivity index (χ3v) is 3.03. The molecule has 1 aliphatic rings. The zero-order chi connectivity index (χ0) is 13.0. The van der Waals surface area contributed by atoms with Gasteiger partial charge in [-0.25, -0.2) is 4.79 Å². The summed E-state index contributed by atoms with van der Waals surface area (Å²) in [7, 11) is 0. The number of rotatable bonds is 5. The molecule has 3 N–H and O–H groups in total. The molecule has 5 nitrogen and oxygen atoms in total. The lowest BCUT2D eigenvalue weighted by Gasteiger charge is -2.27. The number of carbonyl (C=O) groups is 2. The molecule has 1 fully saturated rings. The Morgan fingerprint density at radius 2 is 2.00 bits per heavy atom. The third-order valence-electron chi connectivity index (χ3n) is 3.03. The van der Waals surface area contributed by atoms with Gasteiger partial charge in [0.15, 0.2) is 6.04 Å². The second-order valence-electron chi connectivity index (χ2n) is 4.48. The first kappa shape index (κ1) is 12.6. The van der Waals surface area contributed by atoms with Gasteiger partial charge in [0, 0.05) is 6.42 Å². The second kappa shape index (κ2) is 5.64. The van der Waals surface area contributed by atoms with Crippen molar-refractivity contribution in [2.45, 2.75) is 12.5 Å². The summed E-state index contributed by atoms with van der Waals surface area (Å²) >= 11 is 0. The van der Waals surface area contributed by atoms with E-state index in [1.165, 1.54) is 0 Å². The van der Waals surface area contributed by atoms with Crippen molar-refractivity contribution in [1.82, 2.24) is 10.6 Å². The zero-order valence-corrected chi connectivity index (χ0v) is 9.93. The van der Waals surface area contributed by atoms with Gasteiger partial charge in [0.1, 0.15) is 0 Å². The van der Waals surface area contributed by atoms with Crippen molar-refractivity contribution in [1.29, 1.82) is 0 Å². The number of amides is 1. The van der Waals surface area contributed by atoms with Crippen LogP contribution in [-0.2, 0) is 9.59 Å². The predicted molar refractivity (Wildman–Crippen MR) is 65.9 cm³/mol. The smallest absolute Gasteiger partial charge is 0.330 e. The summed E-state index contributed by atoms with van der Waals surface area (Å²) in [6, 6.07) is 7.76. The summed E-state index contributed by atoms with van der Waals surface area (Å²) in [4.78, 5) is 22.9. The van der Waals surface area contributed by atoms with Crippen LogP contribution in [0.4, 0.5) is 0 Å². The zero-order valence-electron chi connectivity index (χ0n) is 9.93. The second-order valence-corrected chi connectivity index (χ2v) is 4.48. The van der Waals surface area contributed by atoms with Crippen LogP contribution in [0, 0.1) is 5.92 Å². The molecule has 0 spiro atoms. The summed E-state index contributed by atoms with van der Waals surface area (Å²) in [5, 5.41) is 14.8. The minimum atomic E-state index is -1.04. The number of benzene rings is 1. The summed E-state index contributed by atoms with van der Waals surface area (Å²) in [6.07, 6.45) is 0.379. The fourth-order valence-electron chi connectivity index (χ4n) is 1.91. The quantitative estimate of drug-likeness (QED) is 0.710. The molecule has 0 saturated carbocycles. The molecule has 1 aromatic rings.